The minimum absolute atomic E-state index is 0.0165. The third-order valence-electron chi connectivity index (χ3n) is 4.04. The molecule has 0 aliphatic carbocycles. The number of carbonyl (C=O) groups is 2. The van der Waals surface area contributed by atoms with E-state index in [1.165, 1.54) is 0 Å². The fourth-order valence-corrected chi connectivity index (χ4v) is 2.58. The summed E-state index contributed by atoms with van der Waals surface area (Å²) in [5, 5.41) is 9.32. The quantitative estimate of drug-likeness (QED) is 0.901. The van der Waals surface area contributed by atoms with Gasteiger partial charge in [-0.25, -0.2) is 0 Å². The number of carboxylic acid groups (broad SMARTS) is 1. The largest absolute Gasteiger partial charge is 0.481 e. The maximum atomic E-state index is 12.2. The Labute approximate surface area is 113 Å². The molecule has 1 aromatic rings. The van der Waals surface area contributed by atoms with Crippen LogP contribution in [-0.4, -0.2) is 35.0 Å². The molecule has 0 radical (unpaired) electrons. The number of hydrogen-bond donors (Lipinski definition) is 1. The molecule has 1 unspecified atom stereocenters. The molecular formula is C15H19NO3. The molecule has 1 atom stereocenters. The van der Waals surface area contributed by atoms with Gasteiger partial charge in [0.1, 0.15) is 0 Å². The second-order valence-electron chi connectivity index (χ2n) is 5.17. The fourth-order valence-electron chi connectivity index (χ4n) is 2.58. The second-order valence-corrected chi connectivity index (χ2v) is 5.17. The van der Waals surface area contributed by atoms with Crippen molar-refractivity contribution in [2.45, 2.75) is 26.2 Å². The van der Waals surface area contributed by atoms with Crippen LogP contribution < -0.4 is 0 Å². The van der Waals surface area contributed by atoms with Gasteiger partial charge >= 0.3 is 5.97 Å². The van der Waals surface area contributed by atoms with Crippen molar-refractivity contribution in [2.75, 3.05) is 13.1 Å². The molecule has 19 heavy (non-hydrogen) atoms. The van der Waals surface area contributed by atoms with Gasteiger partial charge in [-0.15, -0.1) is 0 Å². The van der Waals surface area contributed by atoms with Gasteiger partial charge in [-0.1, -0.05) is 37.3 Å². The lowest BCUT2D eigenvalue weighted by Gasteiger charge is -2.23. The Kier molecular flexibility index (Phi) is 3.88. The molecule has 2 rings (SSSR count). The van der Waals surface area contributed by atoms with E-state index >= 15 is 0 Å². The van der Waals surface area contributed by atoms with E-state index < -0.39 is 11.4 Å². The van der Waals surface area contributed by atoms with E-state index in [2.05, 4.69) is 0 Å². The number of hydrogen-bond acceptors (Lipinski definition) is 2. The van der Waals surface area contributed by atoms with Crippen molar-refractivity contribution >= 4 is 11.9 Å². The topological polar surface area (TPSA) is 57.6 Å². The Balaban J connectivity index is 2.01. The van der Waals surface area contributed by atoms with E-state index in [0.29, 0.717) is 32.4 Å². The van der Waals surface area contributed by atoms with Crippen LogP contribution in [0.2, 0.25) is 0 Å². The zero-order chi connectivity index (χ0) is 13.9. The third kappa shape index (κ3) is 2.78. The van der Waals surface area contributed by atoms with Crippen molar-refractivity contribution in [2.24, 2.45) is 5.41 Å². The minimum atomic E-state index is -0.787. The molecule has 0 aromatic heterocycles. The molecule has 4 nitrogen and oxygen atoms in total. The standard InChI is InChI=1S/C15H19NO3/c1-2-15(14(18)19)8-9-16(11-15)13(17)10-12-6-4-3-5-7-12/h3-7H,2,8-11H2,1H3,(H,18,19). The normalized spacial score (nSPS) is 22.5. The van der Waals surface area contributed by atoms with Crippen molar-refractivity contribution in [1.82, 2.24) is 4.90 Å². The summed E-state index contributed by atoms with van der Waals surface area (Å²) in [5.41, 5.74) is 0.226. The second kappa shape index (κ2) is 5.43. The highest BCUT2D eigenvalue weighted by molar-refractivity contribution is 5.82. The van der Waals surface area contributed by atoms with Gasteiger partial charge in [0.05, 0.1) is 11.8 Å². The molecule has 1 amide bonds. The molecule has 1 N–H and O–H groups in total. The first-order valence-corrected chi connectivity index (χ1v) is 6.62. The van der Waals surface area contributed by atoms with Crippen LogP contribution >= 0.6 is 0 Å². The summed E-state index contributed by atoms with van der Waals surface area (Å²) in [7, 11) is 0. The summed E-state index contributed by atoms with van der Waals surface area (Å²) in [5.74, 6) is -0.771. The van der Waals surface area contributed by atoms with Crippen LogP contribution in [0.25, 0.3) is 0 Å². The molecule has 0 saturated carbocycles. The van der Waals surface area contributed by atoms with E-state index in [-0.39, 0.29) is 5.91 Å². The number of benzene rings is 1. The Morgan fingerprint density at radius 2 is 2.00 bits per heavy atom. The summed E-state index contributed by atoms with van der Waals surface area (Å²) < 4.78 is 0. The van der Waals surface area contributed by atoms with Gasteiger partial charge in [0, 0.05) is 13.1 Å². The van der Waals surface area contributed by atoms with E-state index in [0.717, 1.165) is 5.56 Å². The number of likely N-dealkylation sites (tertiary alicyclic amines) is 1. The van der Waals surface area contributed by atoms with Gasteiger partial charge in [-0.3, -0.25) is 9.59 Å². The molecule has 1 saturated heterocycles. The Bertz CT molecular complexity index is 472. The van der Waals surface area contributed by atoms with Crippen molar-refractivity contribution < 1.29 is 14.7 Å². The Morgan fingerprint density at radius 1 is 1.32 bits per heavy atom. The van der Waals surface area contributed by atoms with Gasteiger partial charge in [-0.2, -0.15) is 0 Å². The molecule has 0 bridgehead atoms. The maximum absolute atomic E-state index is 12.2. The lowest BCUT2D eigenvalue weighted by molar-refractivity contribution is -0.148. The zero-order valence-electron chi connectivity index (χ0n) is 11.1. The van der Waals surface area contributed by atoms with Crippen LogP contribution in [0.15, 0.2) is 30.3 Å². The molecule has 1 aromatic carbocycles. The first-order valence-electron chi connectivity index (χ1n) is 6.62. The lowest BCUT2D eigenvalue weighted by Crippen LogP contribution is -2.37. The Morgan fingerprint density at radius 3 is 2.53 bits per heavy atom. The molecule has 1 aliphatic heterocycles. The smallest absolute Gasteiger partial charge is 0.311 e. The van der Waals surface area contributed by atoms with Crippen LogP contribution in [0.4, 0.5) is 0 Å². The predicted octanol–water partition coefficient (Wildman–Crippen LogP) is 1.94. The summed E-state index contributed by atoms with van der Waals surface area (Å²) >= 11 is 0. The number of aliphatic carboxylic acids is 1. The lowest BCUT2D eigenvalue weighted by atomic mass is 9.84. The first kappa shape index (κ1) is 13.6. The number of rotatable bonds is 4. The van der Waals surface area contributed by atoms with Gasteiger partial charge in [-0.05, 0) is 18.4 Å². The molecule has 4 heteroatoms. The summed E-state index contributed by atoms with van der Waals surface area (Å²) in [4.78, 5) is 25.2. The van der Waals surface area contributed by atoms with Crippen molar-refractivity contribution in [3.05, 3.63) is 35.9 Å². The highest BCUT2D eigenvalue weighted by Gasteiger charge is 2.44. The highest BCUT2D eigenvalue weighted by atomic mass is 16.4. The summed E-state index contributed by atoms with van der Waals surface area (Å²) in [6, 6.07) is 9.55. The Hall–Kier alpha value is -1.84. The highest BCUT2D eigenvalue weighted by Crippen LogP contribution is 2.34. The minimum Gasteiger partial charge on any atom is -0.481 e. The van der Waals surface area contributed by atoms with Gasteiger partial charge in [0.15, 0.2) is 0 Å². The van der Waals surface area contributed by atoms with Crippen LogP contribution in [-0.2, 0) is 16.0 Å². The first-order chi connectivity index (χ1) is 9.07. The predicted molar refractivity (Wildman–Crippen MR) is 71.7 cm³/mol. The molecule has 0 spiro atoms. The molecule has 1 aliphatic rings. The maximum Gasteiger partial charge on any atom is 0.311 e. The van der Waals surface area contributed by atoms with E-state index in [9.17, 15) is 14.7 Å². The number of nitrogens with zero attached hydrogens (tertiary/aromatic N) is 1. The van der Waals surface area contributed by atoms with E-state index in [1.54, 1.807) is 4.90 Å². The SMILES string of the molecule is CCC1(C(=O)O)CCN(C(=O)Cc2ccccc2)C1. The number of amides is 1. The van der Waals surface area contributed by atoms with Gasteiger partial charge in [0.2, 0.25) is 5.91 Å². The van der Waals surface area contributed by atoms with Crippen molar-refractivity contribution in [1.29, 1.82) is 0 Å². The average molecular weight is 261 g/mol. The van der Waals surface area contributed by atoms with Crippen LogP contribution in [0.5, 0.6) is 0 Å². The van der Waals surface area contributed by atoms with Crippen LogP contribution in [0.1, 0.15) is 25.3 Å². The van der Waals surface area contributed by atoms with E-state index in [4.69, 9.17) is 0 Å². The van der Waals surface area contributed by atoms with Gasteiger partial charge in [0.25, 0.3) is 0 Å². The molecule has 102 valence electrons. The fraction of sp³-hybridized carbons (Fsp3) is 0.467. The van der Waals surface area contributed by atoms with Crippen molar-refractivity contribution in [3.63, 3.8) is 0 Å². The van der Waals surface area contributed by atoms with Gasteiger partial charge < -0.3 is 10.0 Å². The zero-order valence-corrected chi connectivity index (χ0v) is 11.1. The monoisotopic (exact) mass is 261 g/mol. The summed E-state index contributed by atoms with van der Waals surface area (Å²) in [6.07, 6.45) is 1.47. The van der Waals surface area contributed by atoms with Crippen LogP contribution in [0.3, 0.4) is 0 Å². The number of carboxylic acids is 1. The average Bonchev–Trinajstić information content (AvgIpc) is 2.86. The third-order valence-corrected chi connectivity index (χ3v) is 4.04. The van der Waals surface area contributed by atoms with Crippen molar-refractivity contribution in [3.8, 4) is 0 Å². The number of carbonyl (C=O) groups excluding carboxylic acids is 1. The summed E-state index contributed by atoms with van der Waals surface area (Å²) in [6.45, 7) is 2.76. The van der Waals surface area contributed by atoms with Crippen LogP contribution in [0, 0.1) is 5.41 Å². The molecule has 1 heterocycles. The van der Waals surface area contributed by atoms with E-state index in [1.807, 2.05) is 37.3 Å². The molecule has 1 fully saturated rings. The molecular weight excluding hydrogens is 242 g/mol.